The minimum atomic E-state index is -3.87. The number of carbonyl (C=O) groups is 1. The standard InChI is InChI=1S/C22H30N2O5S/c1-15-12-24(16(2)14-25)30(27,28)22-10-9-19(8-7-18-5-6-18)11-20(22)29-21(15)13-23(4)17(3)26/h9-11,15-16,18,21,25H,5-6,12-14H2,1-4H3/t15-,16-,21-/m0/s1. The summed E-state index contributed by atoms with van der Waals surface area (Å²) >= 11 is 0. The molecule has 0 bridgehead atoms. The van der Waals surface area contributed by atoms with Gasteiger partial charge in [-0.15, -0.1) is 0 Å². The lowest BCUT2D eigenvalue weighted by atomic mass is 10.0. The number of rotatable bonds is 4. The van der Waals surface area contributed by atoms with E-state index in [1.54, 1.807) is 31.0 Å². The van der Waals surface area contributed by atoms with Crippen LogP contribution < -0.4 is 4.74 Å². The van der Waals surface area contributed by atoms with Crippen LogP contribution in [-0.2, 0) is 14.8 Å². The van der Waals surface area contributed by atoms with Gasteiger partial charge in [-0.3, -0.25) is 4.79 Å². The first-order valence-corrected chi connectivity index (χ1v) is 11.7. The molecule has 1 heterocycles. The topological polar surface area (TPSA) is 87.2 Å². The molecule has 1 saturated carbocycles. The normalized spacial score (nSPS) is 24.3. The van der Waals surface area contributed by atoms with E-state index in [2.05, 4.69) is 11.8 Å². The molecule has 3 atom stereocenters. The highest BCUT2D eigenvalue weighted by molar-refractivity contribution is 7.89. The molecule has 0 unspecified atom stereocenters. The molecule has 1 aliphatic carbocycles. The predicted molar refractivity (Wildman–Crippen MR) is 113 cm³/mol. The average molecular weight is 435 g/mol. The second-order valence-electron chi connectivity index (χ2n) is 8.34. The van der Waals surface area contributed by atoms with Gasteiger partial charge in [-0.1, -0.05) is 18.8 Å². The predicted octanol–water partition coefficient (Wildman–Crippen LogP) is 1.70. The summed E-state index contributed by atoms with van der Waals surface area (Å²) in [5.74, 6) is 6.65. The molecule has 164 valence electrons. The maximum Gasteiger partial charge on any atom is 0.247 e. The molecule has 1 fully saturated rings. The van der Waals surface area contributed by atoms with Crippen LogP contribution in [0.15, 0.2) is 23.1 Å². The SMILES string of the molecule is CC(=O)N(C)C[C@@H]1Oc2cc(C#CC3CC3)ccc2S(=O)(=O)N([C@@H](C)CO)C[C@@H]1C. The Balaban J connectivity index is 2.06. The van der Waals surface area contributed by atoms with E-state index in [4.69, 9.17) is 4.74 Å². The molecular formula is C22H30N2O5S. The molecule has 1 aliphatic heterocycles. The molecule has 1 N–H and O–H groups in total. The molecule has 30 heavy (non-hydrogen) atoms. The molecule has 8 heteroatoms. The van der Waals surface area contributed by atoms with Crippen molar-refractivity contribution in [1.82, 2.24) is 9.21 Å². The van der Waals surface area contributed by atoms with Crippen molar-refractivity contribution in [2.75, 3.05) is 26.7 Å². The fourth-order valence-electron chi connectivity index (χ4n) is 3.33. The van der Waals surface area contributed by atoms with Crippen LogP contribution in [0, 0.1) is 23.7 Å². The Morgan fingerprint density at radius 1 is 1.40 bits per heavy atom. The van der Waals surface area contributed by atoms with Crippen molar-refractivity contribution < 1.29 is 23.1 Å². The molecule has 0 spiro atoms. The van der Waals surface area contributed by atoms with Crippen LogP contribution in [0.1, 0.15) is 39.2 Å². The molecule has 1 aromatic rings. The van der Waals surface area contributed by atoms with Crippen LogP contribution in [0.3, 0.4) is 0 Å². The zero-order chi connectivity index (χ0) is 22.1. The van der Waals surface area contributed by atoms with Crippen LogP contribution in [0.2, 0.25) is 0 Å². The Morgan fingerprint density at radius 3 is 2.70 bits per heavy atom. The summed E-state index contributed by atoms with van der Waals surface area (Å²) < 4.78 is 34.3. The van der Waals surface area contributed by atoms with Crippen LogP contribution in [0.25, 0.3) is 0 Å². The van der Waals surface area contributed by atoms with Gasteiger partial charge < -0.3 is 14.7 Å². The fraction of sp³-hybridized carbons (Fsp3) is 0.591. The molecule has 0 aromatic heterocycles. The highest BCUT2D eigenvalue weighted by atomic mass is 32.2. The van der Waals surface area contributed by atoms with Crippen molar-refractivity contribution in [3.63, 3.8) is 0 Å². The average Bonchev–Trinajstić information content (AvgIpc) is 3.52. The molecule has 0 radical (unpaired) electrons. The van der Waals surface area contributed by atoms with Gasteiger partial charge in [-0.05, 0) is 38.0 Å². The Kier molecular flexibility index (Phi) is 6.75. The number of benzene rings is 1. The summed E-state index contributed by atoms with van der Waals surface area (Å²) in [4.78, 5) is 13.4. The first-order valence-electron chi connectivity index (χ1n) is 10.3. The third kappa shape index (κ3) is 4.97. The first kappa shape index (κ1) is 22.6. The molecule has 1 aromatic carbocycles. The molecule has 0 saturated heterocycles. The first-order chi connectivity index (χ1) is 14.1. The van der Waals surface area contributed by atoms with Crippen LogP contribution in [-0.4, -0.2) is 67.5 Å². The van der Waals surface area contributed by atoms with Crippen LogP contribution >= 0.6 is 0 Å². The van der Waals surface area contributed by atoms with Crippen LogP contribution in [0.5, 0.6) is 5.75 Å². The minimum Gasteiger partial charge on any atom is -0.487 e. The number of ether oxygens (including phenoxy) is 1. The summed E-state index contributed by atoms with van der Waals surface area (Å²) in [5.41, 5.74) is 0.699. The Morgan fingerprint density at radius 2 is 2.10 bits per heavy atom. The number of carbonyl (C=O) groups excluding carboxylic acids is 1. The number of aliphatic hydroxyl groups excluding tert-OH is 1. The van der Waals surface area contributed by atoms with Crippen molar-refractivity contribution in [3.8, 4) is 17.6 Å². The van der Waals surface area contributed by atoms with E-state index >= 15 is 0 Å². The Hall–Kier alpha value is -2.08. The molecule has 7 nitrogen and oxygen atoms in total. The van der Waals surface area contributed by atoms with Gasteiger partial charge in [0.2, 0.25) is 15.9 Å². The van der Waals surface area contributed by atoms with Gasteiger partial charge in [0.05, 0.1) is 13.2 Å². The summed E-state index contributed by atoms with van der Waals surface area (Å²) in [6, 6.07) is 4.31. The lowest BCUT2D eigenvalue weighted by Gasteiger charge is -2.37. The quantitative estimate of drug-likeness (QED) is 0.729. The van der Waals surface area contributed by atoms with Crippen molar-refractivity contribution >= 4 is 15.9 Å². The van der Waals surface area contributed by atoms with Crippen molar-refractivity contribution in [1.29, 1.82) is 0 Å². The summed E-state index contributed by atoms with van der Waals surface area (Å²) in [7, 11) is -2.18. The van der Waals surface area contributed by atoms with Gasteiger partial charge in [0.1, 0.15) is 16.7 Å². The summed E-state index contributed by atoms with van der Waals surface area (Å²) in [5, 5.41) is 9.66. The third-order valence-corrected chi connectivity index (χ3v) is 7.68. The smallest absolute Gasteiger partial charge is 0.247 e. The van der Waals surface area contributed by atoms with Crippen molar-refractivity contribution in [2.24, 2.45) is 11.8 Å². The van der Waals surface area contributed by atoms with Crippen molar-refractivity contribution in [2.45, 2.75) is 50.7 Å². The molecule has 3 rings (SSSR count). The van der Waals surface area contributed by atoms with Gasteiger partial charge >= 0.3 is 0 Å². The maximum atomic E-state index is 13.4. The molecular weight excluding hydrogens is 404 g/mol. The fourth-order valence-corrected chi connectivity index (χ4v) is 5.16. The van der Waals surface area contributed by atoms with E-state index in [0.717, 1.165) is 12.8 Å². The van der Waals surface area contributed by atoms with Gasteiger partial charge in [0.15, 0.2) is 0 Å². The Bertz CT molecular complexity index is 961. The zero-order valence-corrected chi connectivity index (χ0v) is 18.8. The van der Waals surface area contributed by atoms with E-state index in [0.29, 0.717) is 18.0 Å². The lowest BCUT2D eigenvalue weighted by Crippen LogP contribution is -2.50. The number of fused-ring (bicyclic) bond motifs is 1. The second-order valence-corrected chi connectivity index (χ2v) is 10.2. The van der Waals surface area contributed by atoms with Gasteiger partial charge in [0, 0.05) is 44.0 Å². The molecule has 2 aliphatic rings. The molecule has 1 amide bonds. The number of aliphatic hydroxyl groups is 1. The number of hydrogen-bond donors (Lipinski definition) is 1. The number of likely N-dealkylation sites (N-methyl/N-ethyl adjacent to an activating group) is 1. The highest BCUT2D eigenvalue weighted by Crippen LogP contribution is 2.34. The highest BCUT2D eigenvalue weighted by Gasteiger charge is 2.38. The minimum absolute atomic E-state index is 0.0575. The van der Waals surface area contributed by atoms with E-state index in [9.17, 15) is 18.3 Å². The number of hydrogen-bond acceptors (Lipinski definition) is 5. The third-order valence-electron chi connectivity index (χ3n) is 5.66. The van der Waals surface area contributed by atoms with Crippen LogP contribution in [0.4, 0.5) is 0 Å². The van der Waals surface area contributed by atoms with Gasteiger partial charge in [-0.2, -0.15) is 4.31 Å². The number of amides is 1. The second kappa shape index (κ2) is 8.96. The van der Waals surface area contributed by atoms with E-state index < -0.39 is 22.2 Å². The summed E-state index contributed by atoms with van der Waals surface area (Å²) in [6.07, 6.45) is 1.80. The number of sulfonamides is 1. The zero-order valence-electron chi connectivity index (χ0n) is 18.0. The number of nitrogens with zero attached hydrogens (tertiary/aromatic N) is 2. The van der Waals surface area contributed by atoms with E-state index in [1.807, 2.05) is 6.92 Å². The maximum absolute atomic E-state index is 13.4. The summed E-state index contributed by atoms with van der Waals surface area (Å²) in [6.45, 7) is 5.28. The van der Waals surface area contributed by atoms with E-state index in [-0.39, 0.29) is 35.6 Å². The van der Waals surface area contributed by atoms with Gasteiger partial charge in [0.25, 0.3) is 0 Å². The largest absolute Gasteiger partial charge is 0.487 e. The Labute approximate surface area is 179 Å². The van der Waals surface area contributed by atoms with E-state index in [1.165, 1.54) is 17.3 Å². The monoisotopic (exact) mass is 434 g/mol. The van der Waals surface area contributed by atoms with Gasteiger partial charge in [-0.25, -0.2) is 8.42 Å². The van der Waals surface area contributed by atoms with Crippen molar-refractivity contribution in [3.05, 3.63) is 23.8 Å². The lowest BCUT2D eigenvalue weighted by molar-refractivity contribution is -0.129.